The molecule has 0 N–H and O–H groups in total. The highest BCUT2D eigenvalue weighted by Gasteiger charge is 2.96. The van der Waals surface area contributed by atoms with Crippen molar-refractivity contribution < 1.29 is 92.6 Å². The second-order valence-corrected chi connectivity index (χ2v) is 8.70. The average Bonchev–Trinajstić information content (AvgIpc) is 2.72. The van der Waals surface area contributed by atoms with E-state index in [0.29, 0.717) is 6.92 Å². The molecule has 0 bridgehead atoms. The molecular formula is C15H12F17NO4S. The van der Waals surface area contributed by atoms with Gasteiger partial charge in [0.1, 0.15) is 5.70 Å². The van der Waals surface area contributed by atoms with Crippen LogP contribution in [-0.4, -0.2) is 78.8 Å². The molecule has 0 aliphatic carbocycles. The number of ether oxygens (including phenoxy) is 1. The number of esters is 1. The molecule has 0 unspecified atom stereocenters. The highest BCUT2D eigenvalue weighted by Crippen LogP contribution is 2.64. The van der Waals surface area contributed by atoms with Crippen LogP contribution in [0.4, 0.5) is 74.6 Å². The van der Waals surface area contributed by atoms with Crippen LogP contribution in [0.2, 0.25) is 0 Å². The largest absolute Gasteiger partial charge is 0.461 e. The summed E-state index contributed by atoms with van der Waals surface area (Å²) in [7, 11) is -7.67. The summed E-state index contributed by atoms with van der Waals surface area (Å²) in [5, 5.41) is -7.80. The molecule has 0 saturated carbocycles. The van der Waals surface area contributed by atoms with E-state index in [1.54, 1.807) is 0 Å². The van der Waals surface area contributed by atoms with Gasteiger partial charge in [-0.25, -0.2) is 4.79 Å². The van der Waals surface area contributed by atoms with Crippen LogP contribution in [0.3, 0.4) is 0 Å². The van der Waals surface area contributed by atoms with Crippen molar-refractivity contribution in [3.05, 3.63) is 12.3 Å². The fraction of sp³-hybridized carbons (Fsp3) is 0.800. The van der Waals surface area contributed by atoms with Crippen molar-refractivity contribution in [2.45, 2.75) is 60.8 Å². The first kappa shape index (κ1) is 35.8. The molecule has 0 rings (SSSR count). The third-order valence-corrected chi connectivity index (χ3v) is 6.37. The fourth-order valence-corrected chi connectivity index (χ4v) is 3.71. The lowest BCUT2D eigenvalue weighted by Gasteiger charge is -2.43. The first-order valence-electron chi connectivity index (χ1n) is 8.94. The zero-order valence-electron chi connectivity index (χ0n) is 18.0. The number of carbonyl (C=O) groups excluding carboxylic acids is 1. The third kappa shape index (κ3) is 4.60. The van der Waals surface area contributed by atoms with E-state index in [1.807, 2.05) is 0 Å². The van der Waals surface area contributed by atoms with E-state index in [2.05, 4.69) is 11.3 Å². The molecule has 5 nitrogen and oxygen atoms in total. The summed E-state index contributed by atoms with van der Waals surface area (Å²) in [6.45, 7) is 1.54. The van der Waals surface area contributed by atoms with Crippen LogP contribution in [0, 0.1) is 0 Å². The van der Waals surface area contributed by atoms with Crippen molar-refractivity contribution in [2.75, 3.05) is 13.2 Å². The van der Waals surface area contributed by atoms with Gasteiger partial charge in [-0.05, 0) is 13.8 Å². The minimum Gasteiger partial charge on any atom is -0.461 e. The number of carbonyl (C=O) groups is 1. The fourth-order valence-electron chi connectivity index (χ4n) is 2.27. The Balaban J connectivity index is 7.12. The standard InChI is InChI=1S/C15H12F17NO4S/c1-4-33(6(3)7(34)37-5-2)38(35,36)15(31,32)13(26,27)11(22,23)9(18,19)8(16,17)10(20,21)12(24,25)14(28,29)30/h3-5H2,1-2H3. The molecule has 0 fully saturated rings. The van der Waals surface area contributed by atoms with Gasteiger partial charge in [-0.2, -0.15) is 83.1 Å². The maximum Gasteiger partial charge on any atom is 0.460 e. The Kier molecular flexibility index (Phi) is 9.18. The average molecular weight is 625 g/mol. The number of likely N-dealkylation sites (N-methyl/N-ethyl adjacent to an activating group) is 1. The quantitative estimate of drug-likeness (QED) is 0.159. The molecular weight excluding hydrogens is 613 g/mol. The van der Waals surface area contributed by atoms with Crippen molar-refractivity contribution in [3.63, 3.8) is 0 Å². The summed E-state index contributed by atoms with van der Waals surface area (Å²) >= 11 is 0. The highest BCUT2D eigenvalue weighted by molar-refractivity contribution is 7.90. The highest BCUT2D eigenvalue weighted by atomic mass is 32.2. The molecule has 23 heteroatoms. The van der Waals surface area contributed by atoms with Gasteiger partial charge >= 0.3 is 63.0 Å². The molecule has 0 aromatic carbocycles. The van der Waals surface area contributed by atoms with Gasteiger partial charge in [0.15, 0.2) is 0 Å². The predicted octanol–water partition coefficient (Wildman–Crippen LogP) is 5.68. The maximum atomic E-state index is 14.2. The van der Waals surface area contributed by atoms with Gasteiger partial charge in [-0.3, -0.25) is 4.31 Å². The van der Waals surface area contributed by atoms with Crippen LogP contribution in [0.15, 0.2) is 12.3 Å². The number of hydrogen-bond acceptors (Lipinski definition) is 4. The molecule has 0 aliphatic heterocycles. The SMILES string of the molecule is C=C(C(=O)OCC)N(CC)S(=O)(=O)C(F)(F)C(F)(F)C(F)(F)C(F)(F)C(F)(F)C(F)(F)C(F)(F)C(F)(F)F. The summed E-state index contributed by atoms with van der Waals surface area (Å²) in [4.78, 5) is 11.5. The second-order valence-electron chi connectivity index (χ2n) is 6.80. The van der Waals surface area contributed by atoms with Crippen LogP contribution < -0.4 is 0 Å². The minimum absolute atomic E-state index is 0.400. The van der Waals surface area contributed by atoms with Crippen molar-refractivity contribution in [2.24, 2.45) is 0 Å². The van der Waals surface area contributed by atoms with Gasteiger partial charge < -0.3 is 4.74 Å². The van der Waals surface area contributed by atoms with Crippen molar-refractivity contribution in [1.82, 2.24) is 4.31 Å². The van der Waals surface area contributed by atoms with Crippen LogP contribution >= 0.6 is 0 Å². The van der Waals surface area contributed by atoms with Crippen molar-refractivity contribution in [3.8, 4) is 0 Å². The summed E-state index contributed by atoms with van der Waals surface area (Å²) in [5.74, 6) is -54.3. The van der Waals surface area contributed by atoms with E-state index >= 15 is 0 Å². The van der Waals surface area contributed by atoms with Crippen LogP contribution in [0.1, 0.15) is 13.8 Å². The Morgan fingerprint density at radius 3 is 1.26 bits per heavy atom. The van der Waals surface area contributed by atoms with Crippen LogP contribution in [0.25, 0.3) is 0 Å². The molecule has 0 aromatic heterocycles. The Hall–Kier alpha value is -2.23. The lowest BCUT2D eigenvalue weighted by Crippen LogP contribution is -2.75. The van der Waals surface area contributed by atoms with Crippen molar-refractivity contribution >= 4 is 16.0 Å². The summed E-state index contributed by atoms with van der Waals surface area (Å²) in [5.41, 5.74) is -1.89. The molecule has 0 aromatic rings. The lowest BCUT2D eigenvalue weighted by atomic mass is 9.91. The van der Waals surface area contributed by atoms with E-state index in [0.717, 1.165) is 6.92 Å². The number of halogens is 17. The van der Waals surface area contributed by atoms with E-state index in [4.69, 9.17) is 0 Å². The molecule has 0 saturated heterocycles. The first-order valence-corrected chi connectivity index (χ1v) is 10.4. The predicted molar refractivity (Wildman–Crippen MR) is 87.8 cm³/mol. The number of alkyl halides is 17. The lowest BCUT2D eigenvalue weighted by molar-refractivity contribution is -0.458. The zero-order valence-corrected chi connectivity index (χ0v) is 18.9. The zero-order chi connectivity index (χ0) is 31.4. The molecule has 0 radical (unpaired) electrons. The Bertz CT molecular complexity index is 1020. The van der Waals surface area contributed by atoms with Crippen molar-refractivity contribution in [1.29, 1.82) is 0 Å². The van der Waals surface area contributed by atoms with Gasteiger partial charge in [-0.1, -0.05) is 6.58 Å². The molecule has 0 spiro atoms. The van der Waals surface area contributed by atoms with E-state index in [-0.39, 0.29) is 0 Å². The molecule has 0 amide bonds. The Labute approximate surface area is 200 Å². The number of sulfonamides is 1. The number of nitrogens with zero attached hydrogens (tertiary/aromatic N) is 1. The minimum atomic E-state index is -8.95. The molecule has 226 valence electrons. The smallest absolute Gasteiger partial charge is 0.460 e. The topological polar surface area (TPSA) is 63.7 Å². The van der Waals surface area contributed by atoms with Gasteiger partial charge in [0.05, 0.1) is 6.61 Å². The van der Waals surface area contributed by atoms with Gasteiger partial charge in [-0.15, -0.1) is 0 Å². The molecule has 38 heavy (non-hydrogen) atoms. The Morgan fingerprint density at radius 2 is 0.974 bits per heavy atom. The van der Waals surface area contributed by atoms with Crippen LogP contribution in [-0.2, 0) is 19.6 Å². The van der Waals surface area contributed by atoms with Gasteiger partial charge in [0, 0.05) is 6.54 Å². The van der Waals surface area contributed by atoms with Gasteiger partial charge in [0.25, 0.3) is 0 Å². The molecule has 0 atom stereocenters. The Morgan fingerprint density at radius 1 is 0.658 bits per heavy atom. The molecule has 0 heterocycles. The van der Waals surface area contributed by atoms with E-state index in [1.165, 1.54) is 0 Å². The first-order chi connectivity index (χ1) is 16.3. The summed E-state index contributed by atoms with van der Waals surface area (Å²) in [6.07, 6.45) is -7.92. The second kappa shape index (κ2) is 9.75. The normalized spacial score (nSPS) is 15.3. The number of hydrogen-bond donors (Lipinski definition) is 0. The monoisotopic (exact) mass is 625 g/mol. The summed E-state index contributed by atoms with van der Waals surface area (Å²) in [6, 6.07) is 0. The van der Waals surface area contributed by atoms with E-state index in [9.17, 15) is 87.8 Å². The maximum absolute atomic E-state index is 14.2. The third-order valence-electron chi connectivity index (χ3n) is 4.41. The van der Waals surface area contributed by atoms with Gasteiger partial charge in [0.2, 0.25) is 0 Å². The van der Waals surface area contributed by atoms with E-state index < -0.39 is 86.1 Å². The number of rotatable bonds is 12. The molecule has 0 aliphatic rings. The van der Waals surface area contributed by atoms with Crippen LogP contribution in [0.5, 0.6) is 0 Å². The summed E-state index contributed by atoms with van der Waals surface area (Å²) < 4.78 is 253.